The predicted molar refractivity (Wildman–Crippen MR) is 56.3 cm³/mol. The van der Waals surface area contributed by atoms with E-state index in [1.165, 1.54) is 17.5 Å². The summed E-state index contributed by atoms with van der Waals surface area (Å²) in [6.07, 6.45) is 1.19. The van der Waals surface area contributed by atoms with Gasteiger partial charge in [-0.2, -0.15) is 0 Å². The first-order chi connectivity index (χ1) is 6.71. The van der Waals surface area contributed by atoms with E-state index in [9.17, 15) is 4.39 Å². The van der Waals surface area contributed by atoms with Gasteiger partial charge in [0.15, 0.2) is 4.58 Å². The van der Waals surface area contributed by atoms with E-state index in [0.29, 0.717) is 11.8 Å². The Bertz CT molecular complexity index is 389. The monoisotopic (exact) mass is 252 g/mol. The molecule has 2 bridgehead atoms. The van der Waals surface area contributed by atoms with E-state index < -0.39 is 4.58 Å². The fourth-order valence-electron chi connectivity index (χ4n) is 3.81. The normalized spacial score (nSPS) is 51.6. The van der Waals surface area contributed by atoms with E-state index in [2.05, 4.69) is 40.2 Å². The lowest BCUT2D eigenvalue weighted by atomic mass is 9.92. The molecule has 0 radical (unpaired) electrons. The minimum atomic E-state index is -1.04. The summed E-state index contributed by atoms with van der Waals surface area (Å²) in [6, 6.07) is 8.51. The van der Waals surface area contributed by atoms with E-state index >= 15 is 0 Å². The molecule has 4 rings (SSSR count). The van der Waals surface area contributed by atoms with Crippen LogP contribution in [0.5, 0.6) is 0 Å². The minimum absolute atomic E-state index is 0.266. The van der Waals surface area contributed by atoms with Crippen LogP contribution in [0.25, 0.3) is 0 Å². The Morgan fingerprint density at radius 1 is 1.14 bits per heavy atom. The highest BCUT2D eigenvalue weighted by atomic mass is 79.9. The molecule has 0 saturated heterocycles. The first kappa shape index (κ1) is 7.86. The topological polar surface area (TPSA) is 0 Å². The van der Waals surface area contributed by atoms with Crippen molar-refractivity contribution in [1.29, 1.82) is 0 Å². The van der Waals surface area contributed by atoms with Crippen LogP contribution in [0, 0.1) is 11.8 Å². The molecule has 3 aliphatic rings. The fourth-order valence-corrected chi connectivity index (χ4v) is 4.88. The van der Waals surface area contributed by atoms with Gasteiger partial charge in [-0.05, 0) is 45.3 Å². The molecule has 5 atom stereocenters. The second kappa shape index (κ2) is 2.08. The Balaban J connectivity index is 1.91. The summed E-state index contributed by atoms with van der Waals surface area (Å²) >= 11 is 3.24. The Morgan fingerprint density at radius 3 is 2.14 bits per heavy atom. The number of fused-ring (bicyclic) bond motifs is 8. The lowest BCUT2D eigenvalue weighted by molar-refractivity contribution is 0.351. The first-order valence-corrected chi connectivity index (χ1v) is 5.97. The van der Waals surface area contributed by atoms with Crippen molar-refractivity contribution >= 4 is 15.9 Å². The molecule has 0 amide bonds. The molecule has 0 aliphatic heterocycles. The first-order valence-electron chi connectivity index (χ1n) is 5.18. The number of halogens is 2. The van der Waals surface area contributed by atoms with Crippen molar-refractivity contribution in [3.05, 3.63) is 35.4 Å². The van der Waals surface area contributed by atoms with Crippen LogP contribution in [0.3, 0.4) is 0 Å². The van der Waals surface area contributed by atoms with Gasteiger partial charge < -0.3 is 0 Å². The summed E-state index contributed by atoms with van der Waals surface area (Å²) in [4.78, 5) is 0. The molecule has 1 aromatic carbocycles. The van der Waals surface area contributed by atoms with Crippen molar-refractivity contribution in [3.63, 3.8) is 0 Å². The number of hydrogen-bond donors (Lipinski definition) is 0. The Hall–Kier alpha value is -0.370. The molecule has 1 aromatic rings. The van der Waals surface area contributed by atoms with Gasteiger partial charge in [0.25, 0.3) is 0 Å². The van der Waals surface area contributed by atoms with E-state index in [1.807, 2.05) is 0 Å². The average Bonchev–Trinajstić information content (AvgIpc) is 2.58. The van der Waals surface area contributed by atoms with Crippen LogP contribution in [-0.4, -0.2) is 4.58 Å². The molecule has 1 unspecified atom stereocenters. The van der Waals surface area contributed by atoms with Crippen molar-refractivity contribution in [2.75, 3.05) is 0 Å². The number of alkyl halides is 2. The second-order valence-corrected chi connectivity index (χ2v) is 6.02. The van der Waals surface area contributed by atoms with Gasteiger partial charge >= 0.3 is 0 Å². The Labute approximate surface area is 90.6 Å². The standard InChI is InChI=1S/C12H10BrF/c13-12(14)10-8-5-9(11(10)12)7-4-2-1-3-6(7)8/h1-4,8-11H,5H2/t8-,9+,10-,11+,12?. The van der Waals surface area contributed by atoms with Gasteiger partial charge in [-0.3, -0.25) is 0 Å². The highest BCUT2D eigenvalue weighted by Gasteiger charge is 2.76. The van der Waals surface area contributed by atoms with E-state index in [4.69, 9.17) is 0 Å². The van der Waals surface area contributed by atoms with Crippen molar-refractivity contribution < 1.29 is 4.39 Å². The van der Waals surface area contributed by atoms with Gasteiger partial charge in [-0.25, -0.2) is 4.39 Å². The van der Waals surface area contributed by atoms with Crippen LogP contribution in [-0.2, 0) is 0 Å². The highest BCUT2D eigenvalue weighted by molar-refractivity contribution is 9.10. The van der Waals surface area contributed by atoms with Crippen molar-refractivity contribution in [3.8, 4) is 0 Å². The third-order valence-corrected chi connectivity index (χ3v) is 5.39. The molecule has 14 heavy (non-hydrogen) atoms. The molecule has 0 spiro atoms. The zero-order valence-corrected chi connectivity index (χ0v) is 9.17. The maximum Gasteiger partial charge on any atom is 0.172 e. The van der Waals surface area contributed by atoms with E-state index in [1.54, 1.807) is 0 Å². The van der Waals surface area contributed by atoms with Gasteiger partial charge in [0.1, 0.15) is 0 Å². The number of hydrogen-bond acceptors (Lipinski definition) is 0. The van der Waals surface area contributed by atoms with E-state index in [-0.39, 0.29) is 11.8 Å². The van der Waals surface area contributed by atoms with Crippen molar-refractivity contribution in [2.45, 2.75) is 22.8 Å². The summed E-state index contributed by atoms with van der Waals surface area (Å²) in [5, 5.41) is 0. The fraction of sp³-hybridized carbons (Fsp3) is 0.500. The molecule has 3 aliphatic carbocycles. The van der Waals surface area contributed by atoms with Crippen LogP contribution < -0.4 is 0 Å². The molecule has 0 heterocycles. The average molecular weight is 253 g/mol. The summed E-state index contributed by atoms with van der Waals surface area (Å²) in [7, 11) is 0. The van der Waals surface area contributed by atoms with E-state index in [0.717, 1.165) is 0 Å². The zero-order valence-electron chi connectivity index (χ0n) is 7.58. The van der Waals surface area contributed by atoms with Crippen LogP contribution >= 0.6 is 15.9 Å². The molecule has 72 valence electrons. The quantitative estimate of drug-likeness (QED) is 0.620. The highest BCUT2D eigenvalue weighted by Crippen LogP contribution is 2.79. The van der Waals surface area contributed by atoms with Gasteiger partial charge in [-0.1, -0.05) is 24.3 Å². The molecule has 0 aromatic heterocycles. The molecular formula is C12H10BrF. The summed E-state index contributed by atoms with van der Waals surface area (Å²) in [5.74, 6) is 1.51. The lowest BCUT2D eigenvalue weighted by Crippen LogP contribution is -2.03. The third-order valence-electron chi connectivity index (χ3n) is 4.34. The summed E-state index contributed by atoms with van der Waals surface area (Å²) < 4.78 is 12.9. The largest absolute Gasteiger partial charge is 0.231 e. The third kappa shape index (κ3) is 0.660. The Morgan fingerprint density at radius 2 is 1.64 bits per heavy atom. The molecule has 2 heteroatoms. The van der Waals surface area contributed by atoms with Gasteiger partial charge in [0.2, 0.25) is 0 Å². The van der Waals surface area contributed by atoms with Gasteiger partial charge in [0.05, 0.1) is 0 Å². The number of rotatable bonds is 0. The predicted octanol–water partition coefficient (Wildman–Crippen LogP) is 3.58. The van der Waals surface area contributed by atoms with Crippen LogP contribution in [0.4, 0.5) is 4.39 Å². The Kier molecular flexibility index (Phi) is 1.17. The van der Waals surface area contributed by atoms with Crippen molar-refractivity contribution in [2.24, 2.45) is 11.8 Å². The molecule has 0 nitrogen and oxygen atoms in total. The smallest absolute Gasteiger partial charge is 0.172 e. The summed E-state index contributed by atoms with van der Waals surface area (Å²) in [6.45, 7) is 0. The van der Waals surface area contributed by atoms with Crippen LogP contribution in [0.15, 0.2) is 24.3 Å². The molecule has 2 saturated carbocycles. The van der Waals surface area contributed by atoms with Crippen molar-refractivity contribution in [1.82, 2.24) is 0 Å². The van der Waals surface area contributed by atoms with Gasteiger partial charge in [0, 0.05) is 11.8 Å². The van der Waals surface area contributed by atoms with Crippen LogP contribution in [0.2, 0.25) is 0 Å². The minimum Gasteiger partial charge on any atom is -0.231 e. The van der Waals surface area contributed by atoms with Crippen LogP contribution in [0.1, 0.15) is 29.4 Å². The maximum absolute atomic E-state index is 13.9. The maximum atomic E-state index is 13.9. The van der Waals surface area contributed by atoms with Gasteiger partial charge in [-0.15, -0.1) is 0 Å². The summed E-state index contributed by atoms with van der Waals surface area (Å²) in [5.41, 5.74) is 2.83. The number of benzene rings is 1. The molecular weight excluding hydrogens is 243 g/mol. The zero-order chi connectivity index (χ0) is 9.50. The molecule has 2 fully saturated rings. The second-order valence-electron chi connectivity index (χ2n) is 4.80. The lowest BCUT2D eigenvalue weighted by Gasteiger charge is -2.11. The molecule has 0 N–H and O–H groups in total. The SMILES string of the molecule is FC1(Br)[C@@H]2[C@H]1[C@@H]1C[C@H]2c2ccccc21.